The summed E-state index contributed by atoms with van der Waals surface area (Å²) in [7, 11) is 1.48. The number of nitrogens with zero attached hydrogens (tertiary/aromatic N) is 2. The summed E-state index contributed by atoms with van der Waals surface area (Å²) in [5, 5.41) is 14.9. The Kier molecular flexibility index (Phi) is 6.15. The third-order valence-corrected chi connectivity index (χ3v) is 5.19. The number of hydrogen-bond acceptors (Lipinski definition) is 4. The van der Waals surface area contributed by atoms with E-state index in [1.54, 1.807) is 24.4 Å². The second kappa shape index (κ2) is 8.59. The Labute approximate surface area is 178 Å². The number of nitrogens with one attached hydrogen (secondary N) is 1. The fourth-order valence-corrected chi connectivity index (χ4v) is 3.28. The molecule has 2 aromatic carbocycles. The molecular weight excluding hydrogens is 413 g/mol. The number of phenolic OH excluding ortho intramolecular Hbond substituents is 1. The lowest BCUT2D eigenvalue weighted by molar-refractivity contribution is 0.0952. The number of aryl methyl sites for hydroxylation is 1. The number of methoxy groups -OCH3 is 1. The minimum absolute atomic E-state index is 0.101. The Morgan fingerprint density at radius 3 is 2.55 bits per heavy atom. The first-order valence-corrected chi connectivity index (χ1v) is 9.42. The van der Waals surface area contributed by atoms with Gasteiger partial charge in [-0.15, -0.1) is 0 Å². The van der Waals surface area contributed by atoms with Crippen LogP contribution in [0.5, 0.6) is 11.5 Å². The maximum Gasteiger partial charge on any atom is 0.275 e. The van der Waals surface area contributed by atoms with Gasteiger partial charge in [0.15, 0.2) is 0 Å². The van der Waals surface area contributed by atoms with Crippen LogP contribution in [0.3, 0.4) is 0 Å². The number of carbonyl (C=O) groups excluding carboxylic acids is 1. The molecule has 1 aromatic heterocycles. The van der Waals surface area contributed by atoms with Gasteiger partial charge in [-0.05, 0) is 50.2 Å². The Bertz CT molecular complexity index is 1110. The number of carbonyl (C=O) groups is 1. The molecule has 0 saturated carbocycles. The second-order valence-corrected chi connectivity index (χ2v) is 7.16. The van der Waals surface area contributed by atoms with E-state index in [1.807, 2.05) is 30.5 Å². The van der Waals surface area contributed by atoms with Crippen molar-refractivity contribution in [3.63, 3.8) is 0 Å². The largest absolute Gasteiger partial charge is 0.507 e. The van der Waals surface area contributed by atoms with Crippen molar-refractivity contribution in [1.29, 1.82) is 0 Å². The van der Waals surface area contributed by atoms with Gasteiger partial charge in [0.1, 0.15) is 11.5 Å². The fourth-order valence-electron chi connectivity index (χ4n) is 2.99. The molecule has 150 valence electrons. The normalized spacial score (nSPS) is 11.1. The van der Waals surface area contributed by atoms with Gasteiger partial charge in [0, 0.05) is 28.7 Å². The van der Waals surface area contributed by atoms with Crippen molar-refractivity contribution in [2.45, 2.75) is 13.8 Å². The highest BCUT2D eigenvalue weighted by molar-refractivity contribution is 6.42. The highest BCUT2D eigenvalue weighted by atomic mass is 35.5. The van der Waals surface area contributed by atoms with Gasteiger partial charge >= 0.3 is 0 Å². The van der Waals surface area contributed by atoms with Gasteiger partial charge in [0.05, 0.1) is 28.9 Å². The summed E-state index contributed by atoms with van der Waals surface area (Å²) in [4.78, 5) is 12.2. The lowest BCUT2D eigenvalue weighted by Crippen LogP contribution is -2.17. The molecule has 1 heterocycles. The third-order valence-electron chi connectivity index (χ3n) is 4.45. The molecule has 3 aromatic rings. The van der Waals surface area contributed by atoms with E-state index < -0.39 is 5.91 Å². The van der Waals surface area contributed by atoms with Crippen molar-refractivity contribution < 1.29 is 14.6 Å². The van der Waals surface area contributed by atoms with Crippen LogP contribution in [-0.2, 0) is 0 Å². The molecule has 0 radical (unpaired) electrons. The summed E-state index contributed by atoms with van der Waals surface area (Å²) >= 11 is 12.1. The van der Waals surface area contributed by atoms with E-state index in [0.717, 1.165) is 22.6 Å². The molecule has 0 saturated heterocycles. The van der Waals surface area contributed by atoms with Crippen molar-refractivity contribution >= 4 is 35.3 Å². The molecule has 0 aliphatic rings. The number of hydrogen-bond donors (Lipinski definition) is 2. The first kappa shape index (κ1) is 20.8. The van der Waals surface area contributed by atoms with Crippen LogP contribution in [0.4, 0.5) is 0 Å². The maximum atomic E-state index is 12.2. The van der Waals surface area contributed by atoms with Crippen molar-refractivity contribution in [3.8, 4) is 17.2 Å². The van der Waals surface area contributed by atoms with E-state index in [4.69, 9.17) is 27.9 Å². The maximum absolute atomic E-state index is 12.2. The number of rotatable bonds is 5. The van der Waals surface area contributed by atoms with E-state index in [2.05, 4.69) is 10.5 Å². The molecule has 0 unspecified atom stereocenters. The minimum Gasteiger partial charge on any atom is -0.507 e. The molecule has 0 spiro atoms. The second-order valence-electron chi connectivity index (χ2n) is 6.34. The number of ether oxygens (including phenoxy) is 1. The standard InChI is InChI=1S/C21H19Cl2N3O3/c1-12-8-14(13(2)26(12)15-4-7-18(22)19(23)9-15)11-24-25-21(28)17-6-5-16(29-3)10-20(17)27/h4-11,27H,1-3H3,(H,25,28)/b24-11-. The number of hydrazone groups is 1. The van der Waals surface area contributed by atoms with Crippen LogP contribution in [0.15, 0.2) is 47.6 Å². The molecule has 0 aliphatic carbocycles. The molecule has 6 nitrogen and oxygen atoms in total. The van der Waals surface area contributed by atoms with Crippen LogP contribution in [-0.4, -0.2) is 28.9 Å². The highest BCUT2D eigenvalue weighted by Crippen LogP contribution is 2.27. The van der Waals surface area contributed by atoms with Gasteiger partial charge in [0.2, 0.25) is 0 Å². The summed E-state index contributed by atoms with van der Waals surface area (Å²) < 4.78 is 7.02. The van der Waals surface area contributed by atoms with Crippen molar-refractivity contribution in [1.82, 2.24) is 9.99 Å². The predicted octanol–water partition coefficient (Wildman–Crippen LogP) is 4.88. The van der Waals surface area contributed by atoms with Gasteiger partial charge in [-0.3, -0.25) is 4.79 Å². The average molecular weight is 432 g/mol. The van der Waals surface area contributed by atoms with E-state index in [0.29, 0.717) is 15.8 Å². The topological polar surface area (TPSA) is 75.8 Å². The number of amides is 1. The van der Waals surface area contributed by atoms with Crippen LogP contribution in [0, 0.1) is 13.8 Å². The molecule has 3 rings (SSSR count). The summed E-state index contributed by atoms with van der Waals surface area (Å²) in [6.45, 7) is 3.90. The van der Waals surface area contributed by atoms with E-state index in [1.165, 1.54) is 19.2 Å². The van der Waals surface area contributed by atoms with Crippen LogP contribution in [0.2, 0.25) is 10.0 Å². The van der Waals surface area contributed by atoms with E-state index >= 15 is 0 Å². The number of phenols is 1. The molecule has 1 amide bonds. The SMILES string of the molecule is COc1ccc(C(=O)N/N=C\c2cc(C)n(-c3ccc(Cl)c(Cl)c3)c2C)c(O)c1. The van der Waals surface area contributed by atoms with Crippen LogP contribution >= 0.6 is 23.2 Å². The van der Waals surface area contributed by atoms with Gasteiger partial charge < -0.3 is 14.4 Å². The van der Waals surface area contributed by atoms with Crippen LogP contribution in [0.1, 0.15) is 27.3 Å². The molecule has 0 bridgehead atoms. The summed E-state index contributed by atoms with van der Waals surface area (Å²) in [6.07, 6.45) is 1.55. The van der Waals surface area contributed by atoms with E-state index in [-0.39, 0.29) is 11.3 Å². The number of aromatic hydroxyl groups is 1. The molecular formula is C21H19Cl2N3O3. The quantitative estimate of drug-likeness (QED) is 0.446. The van der Waals surface area contributed by atoms with E-state index in [9.17, 15) is 9.90 Å². The highest BCUT2D eigenvalue weighted by Gasteiger charge is 2.13. The molecule has 0 atom stereocenters. The number of benzene rings is 2. The predicted molar refractivity (Wildman–Crippen MR) is 115 cm³/mol. The fraction of sp³-hybridized carbons (Fsp3) is 0.143. The molecule has 8 heteroatoms. The zero-order valence-electron chi connectivity index (χ0n) is 16.0. The Balaban J connectivity index is 1.79. The van der Waals surface area contributed by atoms with Crippen LogP contribution < -0.4 is 10.2 Å². The average Bonchev–Trinajstić information content (AvgIpc) is 2.97. The third kappa shape index (κ3) is 4.39. The zero-order chi connectivity index (χ0) is 21.1. The van der Waals surface area contributed by atoms with Crippen LogP contribution in [0.25, 0.3) is 5.69 Å². The Hall–Kier alpha value is -2.96. The zero-order valence-corrected chi connectivity index (χ0v) is 17.5. The Morgan fingerprint density at radius 2 is 1.90 bits per heavy atom. The van der Waals surface area contributed by atoms with Gasteiger partial charge in [-0.1, -0.05) is 23.2 Å². The van der Waals surface area contributed by atoms with Gasteiger partial charge in [-0.25, -0.2) is 5.43 Å². The monoisotopic (exact) mass is 431 g/mol. The first-order chi connectivity index (χ1) is 13.8. The van der Waals surface area contributed by atoms with Crippen molar-refractivity contribution in [2.24, 2.45) is 5.10 Å². The van der Waals surface area contributed by atoms with Crippen molar-refractivity contribution in [2.75, 3.05) is 7.11 Å². The first-order valence-electron chi connectivity index (χ1n) is 8.66. The summed E-state index contributed by atoms with van der Waals surface area (Å²) in [5.41, 5.74) is 6.12. The smallest absolute Gasteiger partial charge is 0.275 e. The lowest BCUT2D eigenvalue weighted by atomic mass is 10.2. The molecule has 0 aliphatic heterocycles. The summed E-state index contributed by atoms with van der Waals surface area (Å²) in [5.74, 6) is -0.258. The van der Waals surface area contributed by atoms with Gasteiger partial charge in [0.25, 0.3) is 5.91 Å². The summed E-state index contributed by atoms with van der Waals surface area (Å²) in [6, 6.07) is 11.8. The molecule has 0 fully saturated rings. The lowest BCUT2D eigenvalue weighted by Gasteiger charge is -2.10. The van der Waals surface area contributed by atoms with Crippen molar-refractivity contribution in [3.05, 3.63) is 75.0 Å². The molecule has 29 heavy (non-hydrogen) atoms. The minimum atomic E-state index is -0.528. The number of halogens is 2. The van der Waals surface area contributed by atoms with Gasteiger partial charge in [-0.2, -0.15) is 5.10 Å². The molecule has 2 N–H and O–H groups in total. The number of aromatic nitrogens is 1. The Morgan fingerprint density at radius 1 is 1.14 bits per heavy atom.